The molecule has 1 atom stereocenters. The molecule has 0 unspecified atom stereocenters. The number of aromatic nitrogens is 2. The summed E-state index contributed by atoms with van der Waals surface area (Å²) in [6.07, 6.45) is 3.97. The highest BCUT2D eigenvalue weighted by molar-refractivity contribution is 6.30. The molecule has 0 fully saturated rings. The number of benzene rings is 1. The van der Waals surface area contributed by atoms with Gasteiger partial charge in [-0.3, -0.25) is 4.68 Å². The second-order valence-electron chi connectivity index (χ2n) is 4.36. The molecule has 2 rings (SSSR count). The highest BCUT2D eigenvalue weighted by Gasteiger charge is 2.06. The average Bonchev–Trinajstić information content (AvgIpc) is 2.84. The number of hydrogen-bond acceptors (Lipinski definition) is 2. The fourth-order valence-corrected chi connectivity index (χ4v) is 2.03. The van der Waals surface area contributed by atoms with E-state index in [0.29, 0.717) is 0 Å². The summed E-state index contributed by atoms with van der Waals surface area (Å²) >= 11 is 5.99. The lowest BCUT2D eigenvalue weighted by Crippen LogP contribution is -2.17. The summed E-state index contributed by atoms with van der Waals surface area (Å²) in [7, 11) is 0. The zero-order chi connectivity index (χ0) is 13.0. The Morgan fingerprint density at radius 1 is 1.44 bits per heavy atom. The van der Waals surface area contributed by atoms with Gasteiger partial charge in [-0.05, 0) is 31.5 Å². The largest absolute Gasteiger partial charge is 0.306 e. The summed E-state index contributed by atoms with van der Waals surface area (Å²) in [4.78, 5) is 0. The molecule has 4 heteroatoms. The van der Waals surface area contributed by atoms with Crippen molar-refractivity contribution in [1.29, 1.82) is 0 Å². The van der Waals surface area contributed by atoms with E-state index in [1.54, 1.807) is 0 Å². The molecule has 1 aromatic carbocycles. The zero-order valence-electron chi connectivity index (χ0n) is 10.7. The predicted octanol–water partition coefficient (Wildman–Crippen LogP) is 3.41. The maximum atomic E-state index is 5.99. The molecule has 0 aliphatic heterocycles. The molecule has 1 aromatic heterocycles. The maximum Gasteiger partial charge on any atom is 0.0534 e. The molecular formula is C14H18ClN3. The Morgan fingerprint density at radius 2 is 2.28 bits per heavy atom. The average molecular weight is 264 g/mol. The fraction of sp³-hybridized carbons (Fsp3) is 0.357. The molecule has 0 saturated carbocycles. The summed E-state index contributed by atoms with van der Waals surface area (Å²) in [5.41, 5.74) is 2.40. The van der Waals surface area contributed by atoms with Crippen LogP contribution in [0.1, 0.15) is 31.0 Å². The Balaban J connectivity index is 1.93. The highest BCUT2D eigenvalue weighted by atomic mass is 35.5. The lowest BCUT2D eigenvalue weighted by atomic mass is 10.1. The monoisotopic (exact) mass is 263 g/mol. The van der Waals surface area contributed by atoms with Crippen molar-refractivity contribution in [3.8, 4) is 0 Å². The van der Waals surface area contributed by atoms with Gasteiger partial charge in [0.05, 0.1) is 6.20 Å². The fourth-order valence-electron chi connectivity index (χ4n) is 1.84. The van der Waals surface area contributed by atoms with E-state index in [4.69, 9.17) is 11.6 Å². The van der Waals surface area contributed by atoms with Gasteiger partial charge in [0, 0.05) is 35.9 Å². The van der Waals surface area contributed by atoms with Crippen LogP contribution < -0.4 is 5.32 Å². The third-order valence-electron chi connectivity index (χ3n) is 2.97. The van der Waals surface area contributed by atoms with Gasteiger partial charge in [-0.1, -0.05) is 23.7 Å². The third kappa shape index (κ3) is 3.34. The molecule has 0 aliphatic rings. The number of hydrogen-bond donors (Lipinski definition) is 1. The lowest BCUT2D eigenvalue weighted by Gasteiger charge is -2.13. The topological polar surface area (TPSA) is 29.9 Å². The van der Waals surface area contributed by atoms with E-state index < -0.39 is 0 Å². The van der Waals surface area contributed by atoms with E-state index in [-0.39, 0.29) is 6.04 Å². The number of rotatable bonds is 5. The number of halogens is 1. The summed E-state index contributed by atoms with van der Waals surface area (Å²) in [6, 6.07) is 8.22. The van der Waals surface area contributed by atoms with Gasteiger partial charge in [0.15, 0.2) is 0 Å². The molecule has 0 saturated heterocycles. The second-order valence-corrected chi connectivity index (χ2v) is 4.80. The minimum Gasteiger partial charge on any atom is -0.306 e. The highest BCUT2D eigenvalue weighted by Crippen LogP contribution is 2.17. The van der Waals surface area contributed by atoms with Crippen molar-refractivity contribution in [3.63, 3.8) is 0 Å². The molecule has 0 radical (unpaired) electrons. The second kappa shape index (κ2) is 6.03. The first-order chi connectivity index (χ1) is 8.69. The van der Waals surface area contributed by atoms with Crippen LogP contribution in [0.2, 0.25) is 5.02 Å². The van der Waals surface area contributed by atoms with E-state index in [2.05, 4.69) is 36.5 Å². The van der Waals surface area contributed by atoms with Gasteiger partial charge in [0.2, 0.25) is 0 Å². The predicted molar refractivity (Wildman–Crippen MR) is 74.6 cm³/mol. The van der Waals surface area contributed by atoms with Gasteiger partial charge >= 0.3 is 0 Å². The van der Waals surface area contributed by atoms with Gasteiger partial charge in [-0.2, -0.15) is 5.10 Å². The van der Waals surface area contributed by atoms with Crippen LogP contribution in [0.25, 0.3) is 0 Å². The molecule has 3 nitrogen and oxygen atoms in total. The summed E-state index contributed by atoms with van der Waals surface area (Å²) in [5, 5.41) is 8.50. The Morgan fingerprint density at radius 3 is 2.94 bits per heavy atom. The maximum absolute atomic E-state index is 5.99. The molecule has 2 aromatic rings. The van der Waals surface area contributed by atoms with Crippen molar-refractivity contribution in [3.05, 3.63) is 52.8 Å². The third-order valence-corrected chi connectivity index (χ3v) is 3.21. The van der Waals surface area contributed by atoms with E-state index in [0.717, 1.165) is 18.1 Å². The number of aryl methyl sites for hydroxylation is 1. The molecule has 96 valence electrons. The van der Waals surface area contributed by atoms with Gasteiger partial charge in [0.25, 0.3) is 0 Å². The smallest absolute Gasteiger partial charge is 0.0534 e. The standard InChI is InChI=1S/C14H18ClN3/c1-3-18-10-12(9-17-18)8-16-11(2)13-5-4-6-14(15)7-13/h4-7,9-11,16H,3,8H2,1-2H3/t11-/m1/s1. The lowest BCUT2D eigenvalue weighted by molar-refractivity contribution is 0.574. The van der Waals surface area contributed by atoms with Crippen LogP contribution in [-0.4, -0.2) is 9.78 Å². The Hall–Kier alpha value is -1.32. The molecule has 0 bridgehead atoms. The van der Waals surface area contributed by atoms with Crippen LogP contribution in [0.4, 0.5) is 0 Å². The molecule has 0 amide bonds. The van der Waals surface area contributed by atoms with Gasteiger partial charge in [-0.15, -0.1) is 0 Å². The summed E-state index contributed by atoms with van der Waals surface area (Å²) < 4.78 is 1.93. The van der Waals surface area contributed by atoms with E-state index >= 15 is 0 Å². The van der Waals surface area contributed by atoms with Crippen LogP contribution in [0.15, 0.2) is 36.7 Å². The van der Waals surface area contributed by atoms with Crippen LogP contribution in [0, 0.1) is 0 Å². The van der Waals surface area contributed by atoms with Crippen LogP contribution in [-0.2, 0) is 13.1 Å². The van der Waals surface area contributed by atoms with Crippen molar-refractivity contribution in [2.45, 2.75) is 33.0 Å². The first kappa shape index (κ1) is 13.1. The number of nitrogens with one attached hydrogen (secondary N) is 1. The van der Waals surface area contributed by atoms with Gasteiger partial charge < -0.3 is 5.32 Å². The minimum atomic E-state index is 0.272. The summed E-state index contributed by atoms with van der Waals surface area (Å²) in [5.74, 6) is 0. The summed E-state index contributed by atoms with van der Waals surface area (Å²) in [6.45, 7) is 5.94. The van der Waals surface area contributed by atoms with E-state index in [1.807, 2.05) is 29.1 Å². The van der Waals surface area contributed by atoms with Crippen molar-refractivity contribution < 1.29 is 0 Å². The normalized spacial score (nSPS) is 12.6. The van der Waals surface area contributed by atoms with Crippen molar-refractivity contribution >= 4 is 11.6 Å². The molecule has 1 N–H and O–H groups in total. The van der Waals surface area contributed by atoms with Crippen LogP contribution >= 0.6 is 11.6 Å². The van der Waals surface area contributed by atoms with Crippen molar-refractivity contribution in [1.82, 2.24) is 15.1 Å². The van der Waals surface area contributed by atoms with Gasteiger partial charge in [0.1, 0.15) is 0 Å². The Kier molecular flexibility index (Phi) is 4.39. The first-order valence-corrected chi connectivity index (χ1v) is 6.57. The number of nitrogens with zero attached hydrogens (tertiary/aromatic N) is 2. The Labute approximate surface area is 113 Å². The van der Waals surface area contributed by atoms with Crippen LogP contribution in [0.3, 0.4) is 0 Å². The van der Waals surface area contributed by atoms with Gasteiger partial charge in [-0.25, -0.2) is 0 Å². The van der Waals surface area contributed by atoms with Crippen LogP contribution in [0.5, 0.6) is 0 Å². The SMILES string of the molecule is CCn1cc(CN[C@H](C)c2cccc(Cl)c2)cn1. The van der Waals surface area contributed by atoms with E-state index in [1.165, 1.54) is 11.1 Å². The van der Waals surface area contributed by atoms with Crippen molar-refractivity contribution in [2.24, 2.45) is 0 Å². The minimum absolute atomic E-state index is 0.272. The molecular weight excluding hydrogens is 246 g/mol. The van der Waals surface area contributed by atoms with Crippen molar-refractivity contribution in [2.75, 3.05) is 0 Å². The van der Waals surface area contributed by atoms with E-state index in [9.17, 15) is 0 Å². The quantitative estimate of drug-likeness (QED) is 0.896. The Bertz CT molecular complexity index is 507. The molecule has 1 heterocycles. The molecule has 0 spiro atoms. The molecule has 18 heavy (non-hydrogen) atoms. The first-order valence-electron chi connectivity index (χ1n) is 6.19. The molecule has 0 aliphatic carbocycles. The zero-order valence-corrected chi connectivity index (χ0v) is 11.5.